The Balaban J connectivity index is 0.688. The number of nitrogens with zero attached hydrogens (tertiary/aromatic N) is 3. The first-order chi connectivity index (χ1) is 38.0. The molecule has 14 fully saturated rings. The van der Waals surface area contributed by atoms with Gasteiger partial charge in [-0.3, -0.25) is 4.79 Å². The van der Waals surface area contributed by atoms with Gasteiger partial charge in [-0.1, -0.05) is 46.0 Å². The number of carbonyl (C=O) groups excluding carboxylic acids is 1. The molecule has 20 nitrogen and oxygen atoms in total. The van der Waals surface area contributed by atoms with E-state index in [1.54, 1.807) is 7.11 Å². The van der Waals surface area contributed by atoms with Crippen molar-refractivity contribution < 1.29 is 81.0 Å². The van der Waals surface area contributed by atoms with E-state index >= 15 is 0 Å². The molecule has 0 aromatic heterocycles. The van der Waals surface area contributed by atoms with Gasteiger partial charge in [0.15, 0.2) is 17.4 Å². The largest absolute Gasteiger partial charge is 0.459 e. The average Bonchev–Trinajstić information content (AvgIpc) is 4.25. The van der Waals surface area contributed by atoms with Crippen LogP contribution >= 0.6 is 0 Å². The highest BCUT2D eigenvalue weighted by atomic mass is 16.8. The Morgan fingerprint density at radius 2 is 1.25 bits per heavy atom. The van der Waals surface area contributed by atoms with Gasteiger partial charge >= 0.3 is 5.97 Å². The van der Waals surface area contributed by atoms with Gasteiger partial charge in [-0.15, -0.1) is 0 Å². The molecule has 30 atom stereocenters. The smallest absolute Gasteiger partial charge is 0.308 e. The number of ether oxygens (including phenoxy) is 15. The molecule has 14 rings (SSSR count). The van der Waals surface area contributed by atoms with Crippen molar-refractivity contribution in [2.45, 2.75) is 301 Å². The summed E-state index contributed by atoms with van der Waals surface area (Å²) in [5.41, 5.74) is 11.1. The quantitative estimate of drug-likeness (QED) is 0.0975. The van der Waals surface area contributed by atoms with E-state index in [1.807, 2.05) is 0 Å². The lowest BCUT2D eigenvalue weighted by Crippen LogP contribution is -2.62. The molecule has 1 N–H and O–H groups in total. The van der Waals surface area contributed by atoms with Gasteiger partial charge in [0.25, 0.3) is 0 Å². The first-order valence-electron chi connectivity index (χ1n) is 30.5. The lowest BCUT2D eigenvalue weighted by molar-refractivity contribution is -0.370. The van der Waals surface area contributed by atoms with Gasteiger partial charge in [0.1, 0.15) is 18.3 Å². The summed E-state index contributed by atoms with van der Waals surface area (Å²) in [5, 5.41) is 14.7. The third-order valence-electron chi connectivity index (χ3n) is 21.4. The Morgan fingerprint density at radius 3 is 2.09 bits per heavy atom. The SMILES string of the molecule is C=C1C[C@@H]2CC[C@]34C[C@@H](OC)C(O3)[C@H]3CC(O4)[C@H]4O[C@H](CC[C@@H]4O3)CC(=O)O[C@@H]3[C@@H](C)[C@@H]4O[C@@H]5C[C@]6(C[C@@H]7O[C@]8(C[C@H](C)[C@@H]9O[C@H](CN=[N+]=[N-])[C@H](O)C[C@@H]9O8)C[C@H](C)[C@@H]7O6)O[C@@H]5C[C@@H]4O[C@H]3C[C@H]3O[C@@H](CC[C@@H]1O2)C[C@@H](C)C3=C. The molecule has 0 aliphatic carbocycles. The fourth-order valence-corrected chi connectivity index (χ4v) is 17.7. The van der Waals surface area contributed by atoms with Gasteiger partial charge in [-0.25, -0.2) is 0 Å². The summed E-state index contributed by atoms with van der Waals surface area (Å²) in [4.78, 5) is 17.4. The number of aliphatic hydroxyl groups excluding tert-OH is 1. The molecule has 0 saturated carbocycles. The van der Waals surface area contributed by atoms with Crippen molar-refractivity contribution >= 4 is 5.97 Å². The van der Waals surface area contributed by atoms with E-state index in [0.29, 0.717) is 70.6 Å². The van der Waals surface area contributed by atoms with Crippen molar-refractivity contribution in [1.82, 2.24) is 0 Å². The molecular formula is C59H85N3O17. The van der Waals surface area contributed by atoms with Crippen molar-refractivity contribution in [3.63, 3.8) is 0 Å². The third-order valence-corrected chi connectivity index (χ3v) is 21.4. The maximum Gasteiger partial charge on any atom is 0.308 e. The summed E-state index contributed by atoms with van der Waals surface area (Å²) < 4.78 is 103. The monoisotopic (exact) mass is 1110 g/mol. The lowest BCUT2D eigenvalue weighted by Gasteiger charge is -2.54. The molecule has 438 valence electrons. The molecular weight excluding hydrogens is 1020 g/mol. The van der Waals surface area contributed by atoms with Gasteiger partial charge in [-0.05, 0) is 79.4 Å². The van der Waals surface area contributed by atoms with E-state index in [2.05, 4.69) is 50.9 Å². The van der Waals surface area contributed by atoms with Gasteiger partial charge in [0.05, 0.1) is 135 Å². The van der Waals surface area contributed by atoms with Crippen LogP contribution in [-0.4, -0.2) is 182 Å². The molecule has 14 aliphatic rings. The van der Waals surface area contributed by atoms with Gasteiger partial charge in [-0.2, -0.15) is 0 Å². The Hall–Kier alpha value is -2.34. The maximum absolute atomic E-state index is 14.6. The van der Waals surface area contributed by atoms with Crippen molar-refractivity contribution in [2.75, 3.05) is 13.7 Å². The molecule has 10 bridgehead atoms. The molecule has 0 aromatic rings. The number of aliphatic hydroxyl groups is 1. The number of esters is 1. The molecule has 3 spiro atoms. The number of fused-ring (bicyclic) bond motifs is 13. The van der Waals surface area contributed by atoms with Crippen LogP contribution in [0.4, 0.5) is 0 Å². The molecule has 14 saturated heterocycles. The fourth-order valence-electron chi connectivity index (χ4n) is 17.7. The molecule has 79 heavy (non-hydrogen) atoms. The summed E-state index contributed by atoms with van der Waals surface area (Å²) in [5.74, 6) is -2.85. The second-order valence-corrected chi connectivity index (χ2v) is 26.9. The summed E-state index contributed by atoms with van der Waals surface area (Å²) in [6.45, 7) is 17.9. The van der Waals surface area contributed by atoms with Crippen LogP contribution < -0.4 is 0 Å². The Bertz CT molecular complexity index is 2380. The number of carbonyl (C=O) groups is 1. The highest BCUT2D eigenvalue weighted by Crippen LogP contribution is 2.57. The van der Waals surface area contributed by atoms with Crippen LogP contribution in [0.3, 0.4) is 0 Å². The predicted molar refractivity (Wildman–Crippen MR) is 277 cm³/mol. The van der Waals surface area contributed by atoms with E-state index in [-0.39, 0.29) is 159 Å². The van der Waals surface area contributed by atoms with Crippen molar-refractivity contribution in [3.8, 4) is 0 Å². The third kappa shape index (κ3) is 10.00. The molecule has 20 heteroatoms. The Labute approximate surface area is 463 Å². The molecule has 0 amide bonds. The number of hydrogen-bond donors (Lipinski definition) is 1. The van der Waals surface area contributed by atoms with Crippen LogP contribution in [0.5, 0.6) is 0 Å². The zero-order valence-corrected chi connectivity index (χ0v) is 46.8. The Kier molecular flexibility index (Phi) is 14.5. The van der Waals surface area contributed by atoms with Gasteiger partial charge in [0, 0.05) is 82.1 Å². The molecule has 0 aromatic carbocycles. The minimum atomic E-state index is -0.925. The van der Waals surface area contributed by atoms with Crippen LogP contribution in [0.1, 0.15) is 143 Å². The van der Waals surface area contributed by atoms with E-state index in [9.17, 15) is 9.90 Å². The summed E-state index contributed by atoms with van der Waals surface area (Å²) in [6.07, 6.45) is 3.92. The fraction of sp³-hybridized carbons (Fsp3) is 0.915. The average molecular weight is 1110 g/mol. The van der Waals surface area contributed by atoms with Crippen molar-refractivity contribution in [2.24, 2.45) is 28.8 Å². The van der Waals surface area contributed by atoms with Crippen LogP contribution in [0.2, 0.25) is 0 Å². The zero-order valence-electron chi connectivity index (χ0n) is 46.8. The second-order valence-electron chi connectivity index (χ2n) is 26.9. The number of rotatable bonds is 3. The predicted octanol–water partition coefficient (Wildman–Crippen LogP) is 7.13. The Morgan fingerprint density at radius 1 is 0.582 bits per heavy atom. The molecule has 14 aliphatic heterocycles. The minimum absolute atomic E-state index is 0.00166. The molecule has 0 radical (unpaired) electrons. The van der Waals surface area contributed by atoms with Crippen LogP contribution in [0, 0.1) is 23.7 Å². The van der Waals surface area contributed by atoms with E-state index in [4.69, 9.17) is 76.6 Å². The molecule has 2 unspecified atom stereocenters. The van der Waals surface area contributed by atoms with Crippen LogP contribution in [-0.2, 0) is 75.8 Å². The van der Waals surface area contributed by atoms with Gasteiger partial charge < -0.3 is 76.2 Å². The first kappa shape index (κ1) is 54.6. The highest BCUT2D eigenvalue weighted by Gasteiger charge is 2.66. The van der Waals surface area contributed by atoms with Gasteiger partial charge in [0.2, 0.25) is 0 Å². The minimum Gasteiger partial charge on any atom is -0.459 e. The second kappa shape index (κ2) is 21.0. The van der Waals surface area contributed by atoms with E-state index in [1.165, 1.54) is 0 Å². The van der Waals surface area contributed by atoms with Crippen molar-refractivity contribution in [1.29, 1.82) is 0 Å². The molecule has 14 heterocycles. The van der Waals surface area contributed by atoms with E-state index < -0.39 is 41.8 Å². The normalized spacial score (nSPS) is 56.0. The van der Waals surface area contributed by atoms with Crippen LogP contribution in [0.15, 0.2) is 29.4 Å². The van der Waals surface area contributed by atoms with E-state index in [0.717, 1.165) is 49.7 Å². The number of hydrogen-bond acceptors (Lipinski definition) is 18. The standard InChI is InChI=1S/C59H85N3O17/c1-27-14-33-8-10-37-28(2)15-35(66-37)12-13-57-24-47(65-7)56(79-57)43-20-45(75-57)55-38(69-43)11-9-34(68-55)16-50(64)73-54-32(6)53-42(70-41(54)18-39(67-33)31(27)5)19-40-46(71-53)23-59(74-40)25-48-52(78-59)30(4)22-58(77-48)21-29(3)51-44(76-58)17-36(63)49(72-51)26-61-62-60/h27,29-30,32-49,51-56,63H,2,5,8-26H2,1,3-4,6-7H3/t27-,29+,30+,32+,33+,34-,35+,36-,37+,38+,39-,40-,41+,42+,43-,44+,45?,46-,47-,48+,49-,51+,52+,53+,54-,55+,56?,57-,58-,59+/m1/s1. The zero-order chi connectivity index (χ0) is 54.3. The maximum atomic E-state index is 14.6. The summed E-state index contributed by atoms with van der Waals surface area (Å²) >= 11 is 0. The van der Waals surface area contributed by atoms with Crippen LogP contribution in [0.25, 0.3) is 10.4 Å². The topological polar surface area (TPSA) is 225 Å². The number of azide groups is 1. The highest BCUT2D eigenvalue weighted by molar-refractivity contribution is 5.70. The summed E-state index contributed by atoms with van der Waals surface area (Å²) in [7, 11) is 1.74. The number of methoxy groups -OCH3 is 1. The lowest BCUT2D eigenvalue weighted by atomic mass is 9.78. The summed E-state index contributed by atoms with van der Waals surface area (Å²) in [6, 6.07) is 0. The van der Waals surface area contributed by atoms with Crippen molar-refractivity contribution in [3.05, 3.63) is 34.7 Å². The first-order valence-corrected chi connectivity index (χ1v) is 30.5.